The molecule has 1 heterocycles. The molecule has 1 atom stereocenters. The van der Waals surface area contributed by atoms with E-state index in [1.807, 2.05) is 0 Å². The Labute approximate surface area is 120 Å². The molecule has 0 spiro atoms. The second-order valence-corrected chi connectivity index (χ2v) is 5.86. The smallest absolute Gasteiger partial charge is 0.0493 e. The summed E-state index contributed by atoms with van der Waals surface area (Å²) in [7, 11) is 0. The molecule has 2 heteroatoms. The van der Waals surface area contributed by atoms with Crippen LogP contribution in [-0.4, -0.2) is 0 Å². The Morgan fingerprint density at radius 2 is 1.89 bits per heavy atom. The number of unbranched alkanes of at least 4 members (excludes halogenated alkanes) is 2. The van der Waals surface area contributed by atoms with Crippen molar-refractivity contribution in [1.29, 1.82) is 0 Å². The van der Waals surface area contributed by atoms with Crippen molar-refractivity contribution in [3.63, 3.8) is 0 Å². The molecule has 0 amide bonds. The lowest BCUT2D eigenvalue weighted by molar-refractivity contribution is 0.717. The average molecular weight is 273 g/mol. The number of benzene rings is 1. The molecule has 0 saturated heterocycles. The Morgan fingerprint density at radius 3 is 2.53 bits per heavy atom. The fourth-order valence-electron chi connectivity index (χ4n) is 2.20. The molecule has 0 fully saturated rings. The summed E-state index contributed by atoms with van der Waals surface area (Å²) in [6.45, 7) is 4.45. The first kappa shape index (κ1) is 14.1. The van der Waals surface area contributed by atoms with Crippen LogP contribution >= 0.6 is 11.3 Å². The van der Waals surface area contributed by atoms with Crippen LogP contribution in [0.25, 0.3) is 0 Å². The van der Waals surface area contributed by atoms with Gasteiger partial charge in [0.05, 0.1) is 0 Å². The molecule has 1 aromatic carbocycles. The van der Waals surface area contributed by atoms with E-state index in [1.165, 1.54) is 42.5 Å². The highest BCUT2D eigenvalue weighted by atomic mass is 32.1. The summed E-state index contributed by atoms with van der Waals surface area (Å²) in [5.41, 5.74) is 4.01. The Hall–Kier alpha value is -1.28. The zero-order valence-corrected chi connectivity index (χ0v) is 12.7. The summed E-state index contributed by atoms with van der Waals surface area (Å²) in [4.78, 5) is 0. The summed E-state index contributed by atoms with van der Waals surface area (Å²) >= 11 is 1.75. The van der Waals surface area contributed by atoms with E-state index in [4.69, 9.17) is 0 Å². The van der Waals surface area contributed by atoms with Crippen LogP contribution in [0.2, 0.25) is 0 Å². The van der Waals surface area contributed by atoms with Gasteiger partial charge >= 0.3 is 0 Å². The van der Waals surface area contributed by atoms with Crippen molar-refractivity contribution in [3.8, 4) is 0 Å². The number of hydrogen-bond donors (Lipinski definition) is 1. The van der Waals surface area contributed by atoms with E-state index in [0.717, 1.165) is 0 Å². The Bertz CT molecular complexity index is 459. The van der Waals surface area contributed by atoms with Crippen molar-refractivity contribution in [2.45, 2.75) is 45.6 Å². The maximum absolute atomic E-state index is 3.55. The molecule has 0 aliphatic heterocycles. The van der Waals surface area contributed by atoms with Crippen LogP contribution in [-0.2, 0) is 6.42 Å². The minimum Gasteiger partial charge on any atom is -0.378 e. The molecule has 0 radical (unpaired) electrons. The van der Waals surface area contributed by atoms with Gasteiger partial charge in [-0.05, 0) is 59.9 Å². The average Bonchev–Trinajstić information content (AvgIpc) is 2.95. The van der Waals surface area contributed by atoms with Crippen molar-refractivity contribution < 1.29 is 0 Å². The highest BCUT2D eigenvalue weighted by Crippen LogP contribution is 2.21. The summed E-state index contributed by atoms with van der Waals surface area (Å²) in [6, 6.07) is 11.4. The van der Waals surface area contributed by atoms with Gasteiger partial charge in [-0.2, -0.15) is 11.3 Å². The van der Waals surface area contributed by atoms with E-state index in [9.17, 15) is 0 Å². The predicted octanol–water partition coefficient (Wildman–Crippen LogP) is 5.65. The first-order valence-corrected chi connectivity index (χ1v) is 8.11. The van der Waals surface area contributed by atoms with Gasteiger partial charge in [-0.25, -0.2) is 0 Å². The summed E-state index contributed by atoms with van der Waals surface area (Å²) in [6.07, 6.45) is 5.12. The van der Waals surface area contributed by atoms with E-state index in [2.05, 4.69) is 60.3 Å². The molecule has 2 aromatic rings. The molecule has 19 heavy (non-hydrogen) atoms. The zero-order chi connectivity index (χ0) is 13.5. The van der Waals surface area contributed by atoms with E-state index in [1.54, 1.807) is 11.3 Å². The minimum atomic E-state index is 0.372. The van der Waals surface area contributed by atoms with E-state index < -0.39 is 0 Å². The highest BCUT2D eigenvalue weighted by Gasteiger charge is 2.05. The van der Waals surface area contributed by atoms with Gasteiger partial charge in [-0.3, -0.25) is 0 Å². The number of rotatable bonds is 7. The van der Waals surface area contributed by atoms with Gasteiger partial charge in [0.25, 0.3) is 0 Å². The first-order valence-electron chi connectivity index (χ1n) is 7.17. The molecule has 0 saturated carbocycles. The SMILES string of the molecule is CCCCCc1ccc(NC(C)c2ccsc2)cc1. The third-order valence-corrected chi connectivity index (χ3v) is 4.15. The second-order valence-electron chi connectivity index (χ2n) is 5.08. The Kier molecular flexibility index (Phi) is 5.46. The molecule has 1 unspecified atom stereocenters. The van der Waals surface area contributed by atoms with Gasteiger partial charge in [0.2, 0.25) is 0 Å². The number of nitrogens with one attached hydrogen (secondary N) is 1. The molecule has 1 aromatic heterocycles. The van der Waals surface area contributed by atoms with Gasteiger partial charge in [-0.1, -0.05) is 31.9 Å². The quantitative estimate of drug-likeness (QED) is 0.642. The lowest BCUT2D eigenvalue weighted by Crippen LogP contribution is -2.05. The topological polar surface area (TPSA) is 12.0 Å². The molecular weight excluding hydrogens is 250 g/mol. The van der Waals surface area contributed by atoms with Crippen LogP contribution in [0, 0.1) is 0 Å². The van der Waals surface area contributed by atoms with Crippen LogP contribution < -0.4 is 5.32 Å². The molecule has 0 aliphatic carbocycles. The minimum absolute atomic E-state index is 0.372. The summed E-state index contributed by atoms with van der Waals surface area (Å²) in [5, 5.41) is 7.88. The van der Waals surface area contributed by atoms with Crippen LogP contribution in [0.5, 0.6) is 0 Å². The largest absolute Gasteiger partial charge is 0.378 e. The van der Waals surface area contributed by atoms with Gasteiger partial charge in [0, 0.05) is 11.7 Å². The number of aryl methyl sites for hydroxylation is 1. The molecule has 1 nitrogen and oxygen atoms in total. The molecular formula is C17H23NS. The monoisotopic (exact) mass is 273 g/mol. The zero-order valence-electron chi connectivity index (χ0n) is 11.9. The van der Waals surface area contributed by atoms with Gasteiger partial charge in [0.15, 0.2) is 0 Å². The number of thiophene rings is 1. The maximum Gasteiger partial charge on any atom is 0.0493 e. The third kappa shape index (κ3) is 4.39. The first-order chi connectivity index (χ1) is 9.29. The summed E-state index contributed by atoms with van der Waals surface area (Å²) < 4.78 is 0. The van der Waals surface area contributed by atoms with Crippen molar-refractivity contribution >= 4 is 17.0 Å². The van der Waals surface area contributed by atoms with Crippen molar-refractivity contribution in [1.82, 2.24) is 0 Å². The third-order valence-electron chi connectivity index (χ3n) is 3.45. The van der Waals surface area contributed by atoms with E-state index in [-0.39, 0.29) is 0 Å². The van der Waals surface area contributed by atoms with Crippen LogP contribution in [0.1, 0.15) is 50.3 Å². The lowest BCUT2D eigenvalue weighted by atomic mass is 10.1. The highest BCUT2D eigenvalue weighted by molar-refractivity contribution is 7.07. The lowest BCUT2D eigenvalue weighted by Gasteiger charge is -2.14. The van der Waals surface area contributed by atoms with Crippen LogP contribution in [0.3, 0.4) is 0 Å². The van der Waals surface area contributed by atoms with Gasteiger partial charge < -0.3 is 5.32 Å². The van der Waals surface area contributed by atoms with E-state index in [0.29, 0.717) is 6.04 Å². The van der Waals surface area contributed by atoms with Crippen molar-refractivity contribution in [2.24, 2.45) is 0 Å². The second kappa shape index (κ2) is 7.34. The molecule has 0 bridgehead atoms. The summed E-state index contributed by atoms with van der Waals surface area (Å²) in [5.74, 6) is 0. The standard InChI is InChI=1S/C17H23NS/c1-3-4-5-6-15-7-9-17(10-8-15)18-14(2)16-11-12-19-13-16/h7-14,18H,3-6H2,1-2H3. The van der Waals surface area contributed by atoms with Gasteiger partial charge in [-0.15, -0.1) is 0 Å². The molecule has 102 valence electrons. The fraction of sp³-hybridized carbons (Fsp3) is 0.412. The Balaban J connectivity index is 1.88. The maximum atomic E-state index is 3.55. The number of anilines is 1. The molecule has 2 rings (SSSR count). The fourth-order valence-corrected chi connectivity index (χ4v) is 2.96. The van der Waals surface area contributed by atoms with E-state index >= 15 is 0 Å². The van der Waals surface area contributed by atoms with Crippen molar-refractivity contribution in [3.05, 3.63) is 52.2 Å². The van der Waals surface area contributed by atoms with Crippen LogP contribution in [0.15, 0.2) is 41.1 Å². The van der Waals surface area contributed by atoms with Crippen molar-refractivity contribution in [2.75, 3.05) is 5.32 Å². The van der Waals surface area contributed by atoms with Crippen LogP contribution in [0.4, 0.5) is 5.69 Å². The van der Waals surface area contributed by atoms with Gasteiger partial charge in [0.1, 0.15) is 0 Å². The predicted molar refractivity (Wildman–Crippen MR) is 86.0 cm³/mol. The number of hydrogen-bond acceptors (Lipinski definition) is 2. The Morgan fingerprint density at radius 1 is 1.11 bits per heavy atom. The molecule has 1 N–H and O–H groups in total. The molecule has 0 aliphatic rings. The normalized spacial score (nSPS) is 12.3.